The van der Waals surface area contributed by atoms with E-state index in [1.54, 1.807) is 0 Å². The van der Waals surface area contributed by atoms with Gasteiger partial charge in [0.25, 0.3) is 0 Å². The van der Waals surface area contributed by atoms with Crippen LogP contribution in [-0.2, 0) is 0 Å². The smallest absolute Gasteiger partial charge is 0.121 e. The van der Waals surface area contributed by atoms with Gasteiger partial charge in [-0.25, -0.2) is 0 Å². The lowest BCUT2D eigenvalue weighted by molar-refractivity contribution is 0.403. The van der Waals surface area contributed by atoms with Crippen molar-refractivity contribution >= 4 is 0 Å². The third kappa shape index (κ3) is 3.04. The standard InChI is InChI=1S/C12H19NO/c1-5-13-11(8-9(2)3)12-7-6-10(4)14-12/h6-7,11,13H,2,5,8H2,1,3-4H3. The fraction of sp³-hybridized carbons (Fsp3) is 0.500. The molecule has 1 atom stereocenters. The normalized spacial score (nSPS) is 12.8. The topological polar surface area (TPSA) is 25.2 Å². The molecule has 1 aromatic heterocycles. The molecule has 0 aliphatic rings. The summed E-state index contributed by atoms with van der Waals surface area (Å²) in [5, 5.41) is 3.39. The average Bonchev–Trinajstić information content (AvgIpc) is 2.50. The Morgan fingerprint density at radius 3 is 2.71 bits per heavy atom. The van der Waals surface area contributed by atoms with E-state index in [-0.39, 0.29) is 6.04 Å². The van der Waals surface area contributed by atoms with Gasteiger partial charge < -0.3 is 9.73 Å². The van der Waals surface area contributed by atoms with Gasteiger partial charge in [0.15, 0.2) is 0 Å². The molecule has 0 fully saturated rings. The third-order valence-electron chi connectivity index (χ3n) is 2.11. The van der Waals surface area contributed by atoms with E-state index < -0.39 is 0 Å². The zero-order chi connectivity index (χ0) is 10.6. The Balaban J connectivity index is 2.71. The molecule has 0 bridgehead atoms. The Hall–Kier alpha value is -1.02. The monoisotopic (exact) mass is 193 g/mol. The molecule has 14 heavy (non-hydrogen) atoms. The summed E-state index contributed by atoms with van der Waals surface area (Å²) in [5.74, 6) is 1.97. The predicted molar refractivity (Wildman–Crippen MR) is 59.3 cm³/mol. The van der Waals surface area contributed by atoms with Gasteiger partial charge in [0, 0.05) is 0 Å². The van der Waals surface area contributed by atoms with Gasteiger partial charge in [0.1, 0.15) is 11.5 Å². The highest BCUT2D eigenvalue weighted by Gasteiger charge is 2.13. The molecule has 2 heteroatoms. The summed E-state index contributed by atoms with van der Waals surface area (Å²) in [6.45, 7) is 11.0. The second-order valence-corrected chi connectivity index (χ2v) is 3.72. The van der Waals surface area contributed by atoms with Crippen LogP contribution in [0.5, 0.6) is 0 Å². The van der Waals surface area contributed by atoms with E-state index in [1.165, 1.54) is 5.57 Å². The molecular weight excluding hydrogens is 174 g/mol. The van der Waals surface area contributed by atoms with E-state index in [2.05, 4.69) is 18.8 Å². The van der Waals surface area contributed by atoms with Crippen LogP contribution in [-0.4, -0.2) is 6.54 Å². The Morgan fingerprint density at radius 1 is 1.57 bits per heavy atom. The maximum absolute atomic E-state index is 5.60. The second kappa shape index (κ2) is 5.01. The minimum Gasteiger partial charge on any atom is -0.465 e. The molecular formula is C12H19NO. The molecule has 1 rings (SSSR count). The third-order valence-corrected chi connectivity index (χ3v) is 2.11. The van der Waals surface area contributed by atoms with Gasteiger partial charge in [-0.05, 0) is 38.9 Å². The summed E-state index contributed by atoms with van der Waals surface area (Å²) in [5.41, 5.74) is 1.17. The zero-order valence-corrected chi connectivity index (χ0v) is 9.26. The molecule has 1 N–H and O–H groups in total. The highest BCUT2D eigenvalue weighted by Crippen LogP contribution is 2.22. The molecule has 0 saturated carbocycles. The van der Waals surface area contributed by atoms with Crippen LogP contribution in [0.2, 0.25) is 0 Å². The van der Waals surface area contributed by atoms with E-state index in [4.69, 9.17) is 4.42 Å². The first-order valence-electron chi connectivity index (χ1n) is 5.07. The molecule has 0 radical (unpaired) electrons. The largest absolute Gasteiger partial charge is 0.465 e. The van der Waals surface area contributed by atoms with E-state index in [9.17, 15) is 0 Å². The van der Waals surface area contributed by atoms with Crippen molar-refractivity contribution in [3.05, 3.63) is 35.8 Å². The van der Waals surface area contributed by atoms with Crippen molar-refractivity contribution in [3.8, 4) is 0 Å². The summed E-state index contributed by atoms with van der Waals surface area (Å²) < 4.78 is 5.60. The molecule has 0 amide bonds. The van der Waals surface area contributed by atoms with Crippen molar-refractivity contribution in [1.82, 2.24) is 5.32 Å². The van der Waals surface area contributed by atoms with E-state index in [0.29, 0.717) is 0 Å². The Bertz CT molecular complexity index is 301. The SMILES string of the molecule is C=C(C)CC(NCC)c1ccc(C)o1. The molecule has 0 aliphatic carbocycles. The lowest BCUT2D eigenvalue weighted by Gasteiger charge is -2.15. The van der Waals surface area contributed by atoms with Crippen LogP contribution in [0, 0.1) is 6.92 Å². The minimum atomic E-state index is 0.270. The van der Waals surface area contributed by atoms with E-state index in [0.717, 1.165) is 24.5 Å². The van der Waals surface area contributed by atoms with Gasteiger partial charge in [-0.3, -0.25) is 0 Å². The van der Waals surface area contributed by atoms with E-state index in [1.807, 2.05) is 26.0 Å². The first-order valence-corrected chi connectivity index (χ1v) is 5.07. The fourth-order valence-corrected chi connectivity index (χ4v) is 1.51. The molecule has 0 spiro atoms. The van der Waals surface area contributed by atoms with Crippen molar-refractivity contribution < 1.29 is 4.42 Å². The number of hydrogen-bond acceptors (Lipinski definition) is 2. The van der Waals surface area contributed by atoms with Crippen molar-refractivity contribution in [2.24, 2.45) is 0 Å². The van der Waals surface area contributed by atoms with Gasteiger partial charge >= 0.3 is 0 Å². The molecule has 0 aromatic carbocycles. The van der Waals surface area contributed by atoms with Gasteiger partial charge in [0.2, 0.25) is 0 Å². The Labute approximate surface area is 86.0 Å². The van der Waals surface area contributed by atoms with Crippen LogP contribution in [0.25, 0.3) is 0 Å². The van der Waals surface area contributed by atoms with Crippen LogP contribution < -0.4 is 5.32 Å². The van der Waals surface area contributed by atoms with Crippen LogP contribution in [0.4, 0.5) is 0 Å². The lowest BCUT2D eigenvalue weighted by atomic mass is 10.1. The average molecular weight is 193 g/mol. The maximum atomic E-state index is 5.60. The molecule has 0 saturated heterocycles. The van der Waals surface area contributed by atoms with Crippen LogP contribution in [0.15, 0.2) is 28.7 Å². The van der Waals surface area contributed by atoms with Crippen molar-refractivity contribution in [3.63, 3.8) is 0 Å². The van der Waals surface area contributed by atoms with E-state index >= 15 is 0 Å². The molecule has 1 heterocycles. The summed E-state index contributed by atoms with van der Waals surface area (Å²) in [6, 6.07) is 4.30. The zero-order valence-electron chi connectivity index (χ0n) is 9.26. The highest BCUT2D eigenvalue weighted by molar-refractivity contribution is 5.12. The van der Waals surface area contributed by atoms with Gasteiger partial charge in [-0.15, -0.1) is 6.58 Å². The van der Waals surface area contributed by atoms with Crippen LogP contribution in [0.3, 0.4) is 0 Å². The summed E-state index contributed by atoms with van der Waals surface area (Å²) in [4.78, 5) is 0. The van der Waals surface area contributed by atoms with Crippen LogP contribution in [0.1, 0.15) is 37.8 Å². The quantitative estimate of drug-likeness (QED) is 0.726. The maximum Gasteiger partial charge on any atom is 0.121 e. The Kier molecular flexibility index (Phi) is 3.96. The summed E-state index contributed by atoms with van der Waals surface area (Å²) >= 11 is 0. The Morgan fingerprint density at radius 2 is 2.29 bits per heavy atom. The number of furan rings is 1. The summed E-state index contributed by atoms with van der Waals surface area (Å²) in [7, 11) is 0. The number of aryl methyl sites for hydroxylation is 1. The summed E-state index contributed by atoms with van der Waals surface area (Å²) in [6.07, 6.45) is 0.931. The molecule has 1 aromatic rings. The number of rotatable bonds is 5. The predicted octanol–water partition coefficient (Wildman–Crippen LogP) is 3.20. The van der Waals surface area contributed by atoms with Crippen molar-refractivity contribution in [2.45, 2.75) is 33.2 Å². The minimum absolute atomic E-state index is 0.270. The highest BCUT2D eigenvalue weighted by atomic mass is 16.3. The number of nitrogens with one attached hydrogen (secondary N) is 1. The number of hydrogen-bond donors (Lipinski definition) is 1. The molecule has 78 valence electrons. The molecule has 2 nitrogen and oxygen atoms in total. The molecule has 0 aliphatic heterocycles. The second-order valence-electron chi connectivity index (χ2n) is 3.72. The first-order chi connectivity index (χ1) is 6.63. The first kappa shape index (κ1) is 11.1. The van der Waals surface area contributed by atoms with Crippen LogP contribution >= 0.6 is 0 Å². The van der Waals surface area contributed by atoms with Gasteiger partial charge in [-0.1, -0.05) is 12.5 Å². The lowest BCUT2D eigenvalue weighted by Crippen LogP contribution is -2.20. The van der Waals surface area contributed by atoms with Crippen molar-refractivity contribution in [1.29, 1.82) is 0 Å². The van der Waals surface area contributed by atoms with Gasteiger partial charge in [-0.2, -0.15) is 0 Å². The fourth-order valence-electron chi connectivity index (χ4n) is 1.51. The molecule has 1 unspecified atom stereocenters. The van der Waals surface area contributed by atoms with Crippen molar-refractivity contribution in [2.75, 3.05) is 6.54 Å². The van der Waals surface area contributed by atoms with Gasteiger partial charge in [0.05, 0.1) is 6.04 Å².